The molecule has 0 bridgehead atoms. The number of carbonyl (C=O) groups excluding carboxylic acids is 1. The molecule has 1 fully saturated rings. The van der Waals surface area contributed by atoms with Crippen LogP contribution >= 0.6 is 0 Å². The molecular weight excluding hydrogens is 398 g/mol. The van der Waals surface area contributed by atoms with Crippen LogP contribution < -0.4 is 14.8 Å². The first kappa shape index (κ1) is 19.5. The predicted molar refractivity (Wildman–Crippen MR) is 103 cm³/mol. The Kier molecular flexibility index (Phi) is 5.33. The van der Waals surface area contributed by atoms with Crippen molar-refractivity contribution in [1.82, 2.24) is 24.3 Å². The van der Waals surface area contributed by atoms with Crippen molar-refractivity contribution in [1.29, 1.82) is 0 Å². The summed E-state index contributed by atoms with van der Waals surface area (Å²) in [5.41, 5.74) is 0.901. The predicted octanol–water partition coefficient (Wildman–Crippen LogP) is 0.755. The van der Waals surface area contributed by atoms with Crippen molar-refractivity contribution in [2.45, 2.75) is 17.9 Å². The van der Waals surface area contributed by atoms with Gasteiger partial charge in [0.2, 0.25) is 16.8 Å². The molecule has 0 radical (unpaired) electrons. The van der Waals surface area contributed by atoms with Gasteiger partial charge in [0.25, 0.3) is 0 Å². The number of rotatable bonds is 4. The minimum Gasteiger partial charge on any atom is -0.454 e. The maximum Gasteiger partial charge on any atom is 0.317 e. The van der Waals surface area contributed by atoms with Gasteiger partial charge in [0.05, 0.1) is 6.20 Å². The van der Waals surface area contributed by atoms with Crippen LogP contribution in [-0.2, 0) is 23.6 Å². The number of benzene rings is 1. The first-order valence-corrected chi connectivity index (χ1v) is 10.8. The van der Waals surface area contributed by atoms with Crippen LogP contribution in [0.1, 0.15) is 12.0 Å². The highest BCUT2D eigenvalue weighted by molar-refractivity contribution is 7.89. The zero-order valence-electron chi connectivity index (χ0n) is 16.1. The Bertz CT molecular complexity index is 1010. The molecule has 11 heteroatoms. The van der Waals surface area contributed by atoms with Crippen molar-refractivity contribution in [2.75, 3.05) is 33.0 Å². The molecule has 0 unspecified atom stereocenters. The van der Waals surface area contributed by atoms with E-state index in [4.69, 9.17) is 9.47 Å². The Morgan fingerprint density at radius 2 is 2.00 bits per heavy atom. The van der Waals surface area contributed by atoms with E-state index < -0.39 is 10.0 Å². The third kappa shape index (κ3) is 4.15. The first-order valence-electron chi connectivity index (χ1n) is 9.33. The zero-order valence-corrected chi connectivity index (χ0v) is 16.9. The van der Waals surface area contributed by atoms with Crippen LogP contribution in [0, 0.1) is 0 Å². The molecule has 10 nitrogen and oxygen atoms in total. The van der Waals surface area contributed by atoms with Gasteiger partial charge in [0.1, 0.15) is 4.90 Å². The second kappa shape index (κ2) is 7.91. The molecule has 29 heavy (non-hydrogen) atoms. The molecule has 1 saturated heterocycles. The number of sulfonamides is 1. The molecule has 2 aliphatic rings. The lowest BCUT2D eigenvalue weighted by atomic mass is 10.2. The average Bonchev–Trinajstić information content (AvgIpc) is 3.27. The summed E-state index contributed by atoms with van der Waals surface area (Å²) in [7, 11) is -1.93. The van der Waals surface area contributed by atoms with Crippen molar-refractivity contribution in [3.05, 3.63) is 36.2 Å². The number of carbonyl (C=O) groups is 1. The number of aryl methyl sites for hydroxylation is 1. The Balaban J connectivity index is 1.34. The van der Waals surface area contributed by atoms with Gasteiger partial charge in [0, 0.05) is 46.0 Å². The van der Waals surface area contributed by atoms with E-state index in [9.17, 15) is 13.2 Å². The third-order valence-electron chi connectivity index (χ3n) is 4.94. The molecule has 0 atom stereocenters. The van der Waals surface area contributed by atoms with Crippen molar-refractivity contribution < 1.29 is 22.7 Å². The highest BCUT2D eigenvalue weighted by atomic mass is 32.2. The summed E-state index contributed by atoms with van der Waals surface area (Å²) in [6.07, 6.45) is 3.39. The summed E-state index contributed by atoms with van der Waals surface area (Å²) in [6, 6.07) is 5.31. The molecular formula is C18H23N5O5S. The van der Waals surface area contributed by atoms with Gasteiger partial charge in [-0.05, 0) is 24.1 Å². The molecule has 2 aromatic rings. The minimum atomic E-state index is -3.61. The Labute approximate surface area is 169 Å². The van der Waals surface area contributed by atoms with Gasteiger partial charge in [-0.2, -0.15) is 9.40 Å². The molecule has 1 N–H and O–H groups in total. The number of hydrogen-bond donors (Lipinski definition) is 1. The van der Waals surface area contributed by atoms with E-state index in [0.717, 1.165) is 5.56 Å². The van der Waals surface area contributed by atoms with Gasteiger partial charge in [-0.15, -0.1) is 0 Å². The summed E-state index contributed by atoms with van der Waals surface area (Å²) in [5, 5.41) is 6.82. The highest BCUT2D eigenvalue weighted by Gasteiger charge is 2.29. The topological polar surface area (TPSA) is 106 Å². The quantitative estimate of drug-likeness (QED) is 0.781. The van der Waals surface area contributed by atoms with Crippen LogP contribution in [0.4, 0.5) is 4.79 Å². The lowest BCUT2D eigenvalue weighted by Crippen LogP contribution is -2.42. The Morgan fingerprint density at radius 1 is 1.17 bits per heavy atom. The molecule has 1 aromatic carbocycles. The lowest BCUT2D eigenvalue weighted by molar-refractivity contribution is 0.174. The van der Waals surface area contributed by atoms with Gasteiger partial charge >= 0.3 is 6.03 Å². The van der Waals surface area contributed by atoms with Crippen molar-refractivity contribution in [3.8, 4) is 11.5 Å². The van der Waals surface area contributed by atoms with E-state index in [1.54, 1.807) is 11.9 Å². The van der Waals surface area contributed by atoms with E-state index in [-0.39, 0.29) is 24.3 Å². The average molecular weight is 421 g/mol. The van der Waals surface area contributed by atoms with Gasteiger partial charge in [0.15, 0.2) is 11.5 Å². The van der Waals surface area contributed by atoms with Gasteiger partial charge in [-0.3, -0.25) is 4.68 Å². The van der Waals surface area contributed by atoms with Crippen LogP contribution in [0.5, 0.6) is 11.5 Å². The summed E-state index contributed by atoms with van der Waals surface area (Å²) in [5.74, 6) is 1.37. The van der Waals surface area contributed by atoms with Crippen molar-refractivity contribution >= 4 is 16.1 Å². The summed E-state index contributed by atoms with van der Waals surface area (Å²) in [6.45, 7) is 1.98. The maximum absolute atomic E-state index is 12.8. The van der Waals surface area contributed by atoms with Crippen molar-refractivity contribution in [2.24, 2.45) is 7.05 Å². The molecule has 156 valence electrons. The van der Waals surface area contributed by atoms with Gasteiger partial charge < -0.3 is 19.7 Å². The molecule has 1 aromatic heterocycles. The molecule has 2 aliphatic heterocycles. The largest absolute Gasteiger partial charge is 0.454 e. The maximum atomic E-state index is 12.8. The molecule has 3 heterocycles. The SMILES string of the molecule is Cn1cc(S(=O)(=O)N2CCCN(C(=O)NCc3ccc4c(c3)OCO4)CC2)cn1. The van der Waals surface area contributed by atoms with E-state index in [1.165, 1.54) is 21.4 Å². The summed E-state index contributed by atoms with van der Waals surface area (Å²) in [4.78, 5) is 14.4. The Hall–Kier alpha value is -2.79. The fraction of sp³-hybridized carbons (Fsp3) is 0.444. The van der Waals surface area contributed by atoms with Crippen molar-refractivity contribution in [3.63, 3.8) is 0 Å². The zero-order chi connectivity index (χ0) is 20.4. The monoisotopic (exact) mass is 421 g/mol. The fourth-order valence-corrected chi connectivity index (χ4v) is 4.81. The van der Waals surface area contributed by atoms with E-state index in [1.807, 2.05) is 18.2 Å². The van der Waals surface area contributed by atoms with E-state index >= 15 is 0 Å². The molecule has 4 rings (SSSR count). The second-order valence-corrected chi connectivity index (χ2v) is 8.88. The third-order valence-corrected chi connectivity index (χ3v) is 6.79. The van der Waals surface area contributed by atoms with Crippen LogP contribution in [0.25, 0.3) is 0 Å². The summed E-state index contributed by atoms with van der Waals surface area (Å²) < 4.78 is 39.0. The van der Waals surface area contributed by atoms with Gasteiger partial charge in [-0.1, -0.05) is 6.07 Å². The lowest BCUT2D eigenvalue weighted by Gasteiger charge is -2.22. The minimum absolute atomic E-state index is 0.167. The van der Waals surface area contributed by atoms with Crippen LogP contribution in [0.15, 0.2) is 35.5 Å². The number of hydrogen-bond acceptors (Lipinski definition) is 6. The van der Waals surface area contributed by atoms with E-state index in [2.05, 4.69) is 10.4 Å². The second-order valence-electron chi connectivity index (χ2n) is 6.94. The molecule has 0 aliphatic carbocycles. The number of nitrogens with zero attached hydrogens (tertiary/aromatic N) is 4. The first-order chi connectivity index (χ1) is 13.9. The highest BCUT2D eigenvalue weighted by Crippen LogP contribution is 2.32. The number of amides is 2. The normalized spacial score (nSPS) is 17.2. The number of nitrogens with one attached hydrogen (secondary N) is 1. The van der Waals surface area contributed by atoms with Crippen LogP contribution in [-0.4, -0.2) is 66.4 Å². The number of fused-ring (bicyclic) bond motifs is 1. The number of aromatic nitrogens is 2. The standard InChI is InChI=1S/C18H23N5O5S/c1-21-12-15(11-20-21)29(25,26)23-6-2-5-22(7-8-23)18(24)19-10-14-3-4-16-17(9-14)28-13-27-16/h3-4,9,11-12H,2,5-8,10,13H2,1H3,(H,19,24). The molecule has 2 amide bonds. The Morgan fingerprint density at radius 3 is 2.79 bits per heavy atom. The van der Waals surface area contributed by atoms with Crippen LogP contribution in [0.3, 0.4) is 0 Å². The van der Waals surface area contributed by atoms with Gasteiger partial charge in [-0.25, -0.2) is 13.2 Å². The van der Waals surface area contributed by atoms with Crippen LogP contribution in [0.2, 0.25) is 0 Å². The molecule has 0 saturated carbocycles. The fourth-order valence-electron chi connectivity index (χ4n) is 3.36. The smallest absolute Gasteiger partial charge is 0.317 e. The summed E-state index contributed by atoms with van der Waals surface area (Å²) >= 11 is 0. The molecule has 0 spiro atoms. The van der Waals surface area contributed by atoms with E-state index in [0.29, 0.717) is 44.1 Å². The number of urea groups is 1. The number of ether oxygens (including phenoxy) is 2.